The number of ether oxygens (including phenoxy) is 1. The van der Waals surface area contributed by atoms with Crippen LogP contribution in [-0.2, 0) is 14.8 Å². The molecule has 7 nitrogen and oxygen atoms in total. The van der Waals surface area contributed by atoms with Crippen molar-refractivity contribution in [3.8, 4) is 5.75 Å². The Balaban J connectivity index is 2.30. The maximum absolute atomic E-state index is 13.4. The summed E-state index contributed by atoms with van der Waals surface area (Å²) in [7, 11) is -2.77. The minimum Gasteiger partial charge on any atom is -0.495 e. The van der Waals surface area contributed by atoms with E-state index < -0.39 is 27.4 Å². The van der Waals surface area contributed by atoms with Gasteiger partial charge < -0.3 is 14.9 Å². The highest BCUT2D eigenvalue weighted by Gasteiger charge is 2.42. The highest BCUT2D eigenvalue weighted by molar-refractivity contribution is 7.89. The molecule has 0 unspecified atom stereocenters. The van der Waals surface area contributed by atoms with Crippen molar-refractivity contribution in [2.75, 3.05) is 20.2 Å². The van der Waals surface area contributed by atoms with Crippen LogP contribution in [0.4, 0.5) is 4.39 Å². The van der Waals surface area contributed by atoms with Gasteiger partial charge in [-0.3, -0.25) is 0 Å². The lowest BCUT2D eigenvalue weighted by Crippen LogP contribution is -2.50. The number of methoxy groups -OCH3 is 1. The van der Waals surface area contributed by atoms with E-state index >= 15 is 0 Å². The number of rotatable bonds is 4. The molecule has 2 rings (SSSR count). The number of sulfonamides is 1. The third-order valence-electron chi connectivity index (χ3n) is 3.69. The Morgan fingerprint density at radius 2 is 1.95 bits per heavy atom. The molecule has 0 saturated carbocycles. The monoisotopic (exact) mass is 333 g/mol. The quantitative estimate of drug-likeness (QED) is 0.828. The van der Waals surface area contributed by atoms with Gasteiger partial charge in [-0.1, -0.05) is 0 Å². The van der Waals surface area contributed by atoms with E-state index in [1.165, 1.54) is 13.2 Å². The summed E-state index contributed by atoms with van der Waals surface area (Å²) in [5.41, 5.74) is -1.93. The first-order chi connectivity index (χ1) is 10.2. The molecule has 1 aliphatic heterocycles. The zero-order valence-electron chi connectivity index (χ0n) is 11.8. The number of halogens is 1. The Kier molecular flexibility index (Phi) is 4.41. The van der Waals surface area contributed by atoms with Gasteiger partial charge in [-0.2, -0.15) is 4.31 Å². The highest BCUT2D eigenvalue weighted by Crippen LogP contribution is 2.31. The van der Waals surface area contributed by atoms with E-state index in [1.807, 2.05) is 0 Å². The molecule has 0 aromatic heterocycles. The molecule has 1 aromatic carbocycles. The van der Waals surface area contributed by atoms with E-state index in [1.54, 1.807) is 0 Å². The van der Waals surface area contributed by atoms with Gasteiger partial charge in [-0.15, -0.1) is 0 Å². The van der Waals surface area contributed by atoms with Crippen molar-refractivity contribution in [3.05, 3.63) is 24.0 Å². The molecule has 0 radical (unpaired) electrons. The molecule has 1 fully saturated rings. The molecule has 1 saturated heterocycles. The Bertz CT molecular complexity index is 682. The molecular formula is C13H16FNO6S. The summed E-state index contributed by atoms with van der Waals surface area (Å²) in [5, 5.41) is 18.8. The second-order valence-corrected chi connectivity index (χ2v) is 6.94. The number of hydrogen-bond donors (Lipinski definition) is 2. The molecular weight excluding hydrogens is 317 g/mol. The van der Waals surface area contributed by atoms with Gasteiger partial charge in [-0.25, -0.2) is 17.6 Å². The van der Waals surface area contributed by atoms with Gasteiger partial charge >= 0.3 is 5.97 Å². The first kappa shape index (κ1) is 16.7. The number of piperidine rings is 1. The van der Waals surface area contributed by atoms with Crippen LogP contribution < -0.4 is 4.74 Å². The molecule has 2 N–H and O–H groups in total. The van der Waals surface area contributed by atoms with Gasteiger partial charge in [0.2, 0.25) is 10.0 Å². The number of aliphatic carboxylic acids is 1. The summed E-state index contributed by atoms with van der Waals surface area (Å²) in [6.07, 6.45) is -0.474. The first-order valence-corrected chi connectivity index (χ1v) is 7.94. The minimum atomic E-state index is -4.04. The number of aliphatic hydroxyl groups is 1. The molecule has 0 atom stereocenters. The molecule has 0 spiro atoms. The maximum atomic E-state index is 13.4. The lowest BCUT2D eigenvalue weighted by atomic mass is 9.93. The van der Waals surface area contributed by atoms with Crippen LogP contribution in [0.2, 0.25) is 0 Å². The molecule has 22 heavy (non-hydrogen) atoms. The van der Waals surface area contributed by atoms with E-state index in [0.29, 0.717) is 0 Å². The van der Waals surface area contributed by atoms with Crippen LogP contribution in [0.25, 0.3) is 0 Å². The fourth-order valence-corrected chi connectivity index (χ4v) is 3.91. The van der Waals surface area contributed by atoms with Crippen LogP contribution in [0.3, 0.4) is 0 Å². The van der Waals surface area contributed by atoms with E-state index in [4.69, 9.17) is 9.84 Å². The molecule has 9 heteroatoms. The van der Waals surface area contributed by atoms with Crippen LogP contribution in [0.5, 0.6) is 5.75 Å². The van der Waals surface area contributed by atoms with Crippen LogP contribution in [-0.4, -0.2) is 54.7 Å². The fourth-order valence-electron chi connectivity index (χ4n) is 2.30. The summed E-state index contributed by atoms with van der Waals surface area (Å²) in [6.45, 7) is -0.352. The van der Waals surface area contributed by atoms with Crippen LogP contribution in [0.1, 0.15) is 12.8 Å². The Hall–Kier alpha value is -1.71. The van der Waals surface area contributed by atoms with Crippen LogP contribution in [0.15, 0.2) is 23.1 Å². The summed E-state index contributed by atoms with van der Waals surface area (Å²) < 4.78 is 44.4. The molecule has 1 aromatic rings. The topological polar surface area (TPSA) is 104 Å². The molecule has 0 aliphatic carbocycles. The average molecular weight is 333 g/mol. The molecule has 1 heterocycles. The summed E-state index contributed by atoms with van der Waals surface area (Å²) in [6, 6.07) is 3.14. The van der Waals surface area contributed by atoms with Crippen molar-refractivity contribution in [1.82, 2.24) is 4.31 Å². The number of hydrogen-bond acceptors (Lipinski definition) is 5. The van der Waals surface area contributed by atoms with Crippen molar-refractivity contribution in [3.63, 3.8) is 0 Å². The van der Waals surface area contributed by atoms with E-state index in [9.17, 15) is 22.7 Å². The molecule has 0 bridgehead atoms. The summed E-state index contributed by atoms with van der Waals surface area (Å²) in [5.74, 6) is -2.10. The average Bonchev–Trinajstić information content (AvgIpc) is 2.47. The lowest BCUT2D eigenvalue weighted by Gasteiger charge is -2.34. The largest absolute Gasteiger partial charge is 0.495 e. The Labute approximate surface area is 127 Å². The van der Waals surface area contributed by atoms with Crippen molar-refractivity contribution < 1.29 is 32.6 Å². The predicted molar refractivity (Wildman–Crippen MR) is 73.5 cm³/mol. The van der Waals surface area contributed by atoms with Gasteiger partial charge in [0.15, 0.2) is 5.60 Å². The van der Waals surface area contributed by atoms with Crippen molar-refractivity contribution in [2.45, 2.75) is 23.3 Å². The van der Waals surface area contributed by atoms with Gasteiger partial charge in [-0.05, 0) is 18.2 Å². The fraction of sp³-hybridized carbons (Fsp3) is 0.462. The molecule has 122 valence electrons. The summed E-state index contributed by atoms with van der Waals surface area (Å²) >= 11 is 0. The Morgan fingerprint density at radius 3 is 2.45 bits per heavy atom. The third kappa shape index (κ3) is 2.92. The maximum Gasteiger partial charge on any atom is 0.335 e. The van der Waals surface area contributed by atoms with E-state index in [2.05, 4.69) is 0 Å². The standard InChI is InChI=1S/C13H16FNO6S/c1-21-10-3-2-9(14)8-11(10)22(19,20)15-6-4-13(18,5-7-15)12(16)17/h2-3,8,18H,4-7H2,1H3,(H,16,17). The van der Waals surface area contributed by atoms with E-state index in [-0.39, 0.29) is 36.6 Å². The number of nitrogens with zero attached hydrogens (tertiary/aromatic N) is 1. The van der Waals surface area contributed by atoms with Gasteiger partial charge in [0.25, 0.3) is 0 Å². The zero-order chi connectivity index (χ0) is 16.5. The van der Waals surface area contributed by atoms with Crippen molar-refractivity contribution >= 4 is 16.0 Å². The highest BCUT2D eigenvalue weighted by atomic mass is 32.2. The molecule has 0 amide bonds. The van der Waals surface area contributed by atoms with E-state index in [0.717, 1.165) is 16.4 Å². The second kappa shape index (κ2) is 5.82. The lowest BCUT2D eigenvalue weighted by molar-refractivity contribution is -0.162. The van der Waals surface area contributed by atoms with Gasteiger partial charge in [0, 0.05) is 25.9 Å². The Morgan fingerprint density at radius 1 is 1.36 bits per heavy atom. The van der Waals surface area contributed by atoms with Crippen LogP contribution in [0, 0.1) is 5.82 Å². The minimum absolute atomic E-state index is 0.000435. The molecule has 1 aliphatic rings. The normalized spacial score (nSPS) is 18.9. The summed E-state index contributed by atoms with van der Waals surface area (Å²) in [4.78, 5) is 10.6. The third-order valence-corrected chi connectivity index (χ3v) is 5.61. The van der Waals surface area contributed by atoms with Crippen LogP contribution >= 0.6 is 0 Å². The second-order valence-electron chi connectivity index (χ2n) is 5.04. The van der Waals surface area contributed by atoms with Crippen molar-refractivity contribution in [2.24, 2.45) is 0 Å². The zero-order valence-corrected chi connectivity index (χ0v) is 12.6. The first-order valence-electron chi connectivity index (χ1n) is 6.50. The van der Waals surface area contributed by atoms with Crippen molar-refractivity contribution in [1.29, 1.82) is 0 Å². The predicted octanol–water partition coefficient (Wildman–Crippen LogP) is 0.434. The number of carboxylic acid groups (broad SMARTS) is 1. The smallest absolute Gasteiger partial charge is 0.335 e. The SMILES string of the molecule is COc1ccc(F)cc1S(=O)(=O)N1CCC(O)(C(=O)O)CC1. The number of carboxylic acids is 1. The van der Waals surface area contributed by atoms with Gasteiger partial charge in [0.1, 0.15) is 16.5 Å². The van der Waals surface area contributed by atoms with Gasteiger partial charge in [0.05, 0.1) is 7.11 Å². The number of benzene rings is 1. The number of carbonyl (C=O) groups is 1.